The molecule has 0 saturated heterocycles. The van der Waals surface area contributed by atoms with Crippen LogP contribution in [0.4, 0.5) is 0 Å². The predicted molar refractivity (Wildman–Crippen MR) is 126 cm³/mol. The Balaban J connectivity index is 1.76. The van der Waals surface area contributed by atoms with Gasteiger partial charge in [0.1, 0.15) is 0 Å². The van der Waals surface area contributed by atoms with E-state index in [-0.39, 0.29) is 6.61 Å². The minimum Gasteiger partial charge on any atom is -0.493 e. The summed E-state index contributed by atoms with van der Waals surface area (Å²) in [4.78, 5) is 13.8. The van der Waals surface area contributed by atoms with Crippen LogP contribution in [0.5, 0.6) is 11.5 Å². The minimum atomic E-state index is -0.436. The number of fused-ring (bicyclic) bond motifs is 1. The van der Waals surface area contributed by atoms with Gasteiger partial charge in [-0.25, -0.2) is 4.79 Å². The molecule has 0 radical (unpaired) electrons. The van der Waals surface area contributed by atoms with Crippen LogP contribution >= 0.6 is 23.1 Å². The highest BCUT2D eigenvalue weighted by Crippen LogP contribution is 2.32. The average Bonchev–Trinajstić information content (AvgIpc) is 3.47. The third-order valence-electron chi connectivity index (χ3n) is 4.52. The Morgan fingerprint density at radius 2 is 2.06 bits per heavy atom. The molecule has 0 N–H and O–H groups in total. The van der Waals surface area contributed by atoms with Crippen LogP contribution in [0.2, 0.25) is 0 Å². The molecule has 0 atom stereocenters. The summed E-state index contributed by atoms with van der Waals surface area (Å²) in [6.45, 7) is 4.48. The van der Waals surface area contributed by atoms with Crippen molar-refractivity contribution in [2.75, 3.05) is 26.1 Å². The molecule has 3 heterocycles. The molecule has 0 fully saturated rings. The summed E-state index contributed by atoms with van der Waals surface area (Å²) in [7, 11) is 1.58. The predicted octanol–water partition coefficient (Wildman–Crippen LogP) is 4.37. The van der Waals surface area contributed by atoms with Crippen LogP contribution in [0.3, 0.4) is 0 Å². The SMILES string of the molecule is CCOC(=O)/C(=C\c1ccc(OCC)c(OC)c1)C1=Nn2c(nnc2-c2cccs2)SC1. The van der Waals surface area contributed by atoms with Crippen molar-refractivity contribution in [2.45, 2.75) is 19.0 Å². The zero-order chi connectivity index (χ0) is 22.5. The summed E-state index contributed by atoms with van der Waals surface area (Å²) >= 11 is 3.03. The van der Waals surface area contributed by atoms with Crippen LogP contribution in [-0.4, -0.2) is 52.6 Å². The van der Waals surface area contributed by atoms with Gasteiger partial charge in [-0.3, -0.25) is 0 Å². The van der Waals surface area contributed by atoms with Gasteiger partial charge in [0.25, 0.3) is 0 Å². The number of esters is 1. The number of rotatable bonds is 8. The molecule has 10 heteroatoms. The fourth-order valence-electron chi connectivity index (χ4n) is 3.10. The summed E-state index contributed by atoms with van der Waals surface area (Å²) in [5.74, 6) is 1.91. The van der Waals surface area contributed by atoms with Gasteiger partial charge >= 0.3 is 5.97 Å². The van der Waals surface area contributed by atoms with Crippen molar-refractivity contribution >= 4 is 40.9 Å². The van der Waals surface area contributed by atoms with Crippen molar-refractivity contribution in [2.24, 2.45) is 5.10 Å². The number of aromatic nitrogens is 3. The van der Waals surface area contributed by atoms with Gasteiger partial charge in [-0.1, -0.05) is 23.9 Å². The van der Waals surface area contributed by atoms with Crippen LogP contribution in [0.25, 0.3) is 16.8 Å². The highest BCUT2D eigenvalue weighted by atomic mass is 32.2. The number of hydrogen-bond donors (Lipinski definition) is 0. The third-order valence-corrected chi connectivity index (χ3v) is 6.31. The molecule has 1 aliphatic rings. The van der Waals surface area contributed by atoms with E-state index in [1.54, 1.807) is 36.1 Å². The Morgan fingerprint density at radius 3 is 2.78 bits per heavy atom. The van der Waals surface area contributed by atoms with Crippen molar-refractivity contribution in [3.63, 3.8) is 0 Å². The number of methoxy groups -OCH3 is 1. The molecule has 3 aromatic rings. The zero-order valence-electron chi connectivity index (χ0n) is 17.9. The van der Waals surface area contributed by atoms with E-state index in [9.17, 15) is 4.79 Å². The van der Waals surface area contributed by atoms with Gasteiger partial charge in [0.15, 0.2) is 17.3 Å². The van der Waals surface area contributed by atoms with E-state index >= 15 is 0 Å². The Bertz CT molecular complexity index is 1170. The summed E-state index contributed by atoms with van der Waals surface area (Å²) in [6, 6.07) is 9.42. The number of carbonyl (C=O) groups excluding carboxylic acids is 1. The molecular weight excluding hydrogens is 448 g/mol. The van der Waals surface area contributed by atoms with Gasteiger partial charge in [-0.2, -0.15) is 9.78 Å². The first-order chi connectivity index (χ1) is 15.6. The minimum absolute atomic E-state index is 0.265. The molecule has 2 aromatic heterocycles. The van der Waals surface area contributed by atoms with E-state index in [4.69, 9.17) is 19.3 Å². The van der Waals surface area contributed by atoms with Crippen LogP contribution in [0.15, 0.2) is 51.5 Å². The molecule has 4 rings (SSSR count). The molecule has 166 valence electrons. The second kappa shape index (κ2) is 10.0. The van der Waals surface area contributed by atoms with Crippen molar-refractivity contribution < 1.29 is 19.0 Å². The van der Waals surface area contributed by atoms with Crippen molar-refractivity contribution in [1.29, 1.82) is 0 Å². The molecule has 32 heavy (non-hydrogen) atoms. The first-order valence-electron chi connectivity index (χ1n) is 10.0. The summed E-state index contributed by atoms with van der Waals surface area (Å²) in [5, 5.41) is 15.9. The second-order valence-corrected chi connectivity index (χ2v) is 8.44. The third kappa shape index (κ3) is 4.56. The van der Waals surface area contributed by atoms with E-state index in [1.165, 1.54) is 11.8 Å². The molecule has 0 aliphatic carbocycles. The maximum absolute atomic E-state index is 12.9. The Morgan fingerprint density at radius 1 is 1.19 bits per heavy atom. The van der Waals surface area contributed by atoms with Crippen molar-refractivity contribution in [3.05, 3.63) is 46.8 Å². The second-order valence-electron chi connectivity index (χ2n) is 6.55. The molecular formula is C22H22N4O4S2. The van der Waals surface area contributed by atoms with Gasteiger partial charge in [-0.15, -0.1) is 21.5 Å². The summed E-state index contributed by atoms with van der Waals surface area (Å²) in [6.07, 6.45) is 1.76. The van der Waals surface area contributed by atoms with Gasteiger partial charge in [0, 0.05) is 5.75 Å². The molecule has 0 saturated carbocycles. The number of nitrogens with zero attached hydrogens (tertiary/aromatic N) is 4. The number of thiophene rings is 1. The lowest BCUT2D eigenvalue weighted by Gasteiger charge is -2.16. The monoisotopic (exact) mass is 470 g/mol. The zero-order valence-corrected chi connectivity index (χ0v) is 19.5. The van der Waals surface area contributed by atoms with Crippen LogP contribution in [0.1, 0.15) is 19.4 Å². The van der Waals surface area contributed by atoms with Gasteiger partial charge < -0.3 is 14.2 Å². The lowest BCUT2D eigenvalue weighted by molar-refractivity contribution is -0.137. The van der Waals surface area contributed by atoms with Crippen LogP contribution < -0.4 is 9.47 Å². The van der Waals surface area contributed by atoms with Gasteiger partial charge in [0.05, 0.1) is 36.5 Å². The molecule has 0 bridgehead atoms. The summed E-state index contributed by atoms with van der Waals surface area (Å²) < 4.78 is 18.0. The first kappa shape index (κ1) is 22.1. The molecule has 1 aromatic carbocycles. The number of thioether (sulfide) groups is 1. The quantitative estimate of drug-likeness (QED) is 0.357. The number of benzene rings is 1. The molecule has 8 nitrogen and oxygen atoms in total. The van der Waals surface area contributed by atoms with Gasteiger partial charge in [0.2, 0.25) is 5.16 Å². The summed E-state index contributed by atoms with van der Waals surface area (Å²) in [5.41, 5.74) is 1.74. The Kier molecular flexibility index (Phi) is 6.91. The number of hydrogen-bond acceptors (Lipinski definition) is 9. The van der Waals surface area contributed by atoms with Gasteiger partial charge in [-0.05, 0) is 49.1 Å². The van der Waals surface area contributed by atoms with E-state index in [1.807, 2.05) is 42.6 Å². The maximum atomic E-state index is 12.9. The highest BCUT2D eigenvalue weighted by molar-refractivity contribution is 7.99. The van der Waals surface area contributed by atoms with E-state index in [2.05, 4.69) is 10.2 Å². The fraction of sp³-hybridized carbons (Fsp3) is 0.273. The fourth-order valence-corrected chi connectivity index (χ4v) is 4.62. The standard InChI is InChI=1S/C22H22N4O4S2/c1-4-29-17-9-8-14(12-18(17)28-3)11-15(21(27)30-5-2)16-13-32-22-24-23-20(26(22)25-16)19-7-6-10-31-19/h6-12H,4-5,13H2,1-3H3/b15-11-. The van der Waals surface area contributed by atoms with Crippen LogP contribution in [0, 0.1) is 0 Å². The van der Waals surface area contributed by atoms with Crippen LogP contribution in [-0.2, 0) is 9.53 Å². The molecule has 1 aliphatic heterocycles. The molecule has 0 amide bonds. The van der Waals surface area contributed by atoms with E-state index in [0.29, 0.717) is 46.1 Å². The number of carbonyl (C=O) groups is 1. The average molecular weight is 471 g/mol. The van der Waals surface area contributed by atoms with Crippen molar-refractivity contribution in [1.82, 2.24) is 14.9 Å². The topological polar surface area (TPSA) is 87.8 Å². The van der Waals surface area contributed by atoms with E-state index in [0.717, 1.165) is 10.4 Å². The normalized spacial score (nSPS) is 13.3. The molecule has 0 unspecified atom stereocenters. The molecule has 0 spiro atoms. The first-order valence-corrected chi connectivity index (χ1v) is 11.9. The lowest BCUT2D eigenvalue weighted by atomic mass is 10.1. The lowest BCUT2D eigenvalue weighted by Crippen LogP contribution is -2.21. The smallest absolute Gasteiger partial charge is 0.340 e. The Labute approximate surface area is 193 Å². The number of ether oxygens (including phenoxy) is 3. The highest BCUT2D eigenvalue weighted by Gasteiger charge is 2.26. The largest absolute Gasteiger partial charge is 0.493 e. The van der Waals surface area contributed by atoms with Crippen molar-refractivity contribution in [3.8, 4) is 22.2 Å². The van der Waals surface area contributed by atoms with E-state index < -0.39 is 5.97 Å². The Hall–Kier alpha value is -3.11. The maximum Gasteiger partial charge on any atom is 0.340 e.